The number of carbonyl (C=O) groups excluding carboxylic acids is 1. The third-order valence-electron chi connectivity index (χ3n) is 6.51. The number of hydrogen-bond acceptors (Lipinski definition) is 7. The third-order valence-corrected chi connectivity index (χ3v) is 6.84. The lowest BCUT2D eigenvalue weighted by Crippen LogP contribution is -2.46. The van der Waals surface area contributed by atoms with Crippen LogP contribution < -0.4 is 9.80 Å². The third kappa shape index (κ3) is 4.27. The summed E-state index contributed by atoms with van der Waals surface area (Å²) in [7, 11) is 2.15. The number of benzene rings is 1. The van der Waals surface area contributed by atoms with Crippen molar-refractivity contribution in [2.24, 2.45) is 0 Å². The highest BCUT2D eigenvalue weighted by atomic mass is 35.5. The Morgan fingerprint density at radius 3 is 2.47 bits per heavy atom. The van der Waals surface area contributed by atoms with Crippen molar-refractivity contribution >= 4 is 29.3 Å². The Balaban J connectivity index is 1.48. The van der Waals surface area contributed by atoms with Gasteiger partial charge in [-0.15, -0.1) is 0 Å². The van der Waals surface area contributed by atoms with E-state index < -0.39 is 0 Å². The molecular formula is C23H29ClN6O2. The molecule has 2 saturated heterocycles. The van der Waals surface area contributed by atoms with Crippen molar-refractivity contribution in [2.75, 3.05) is 75.9 Å². The standard InChI is InChI=1S/C23H29ClN6O2/c1-27-8-10-28(11-9-27)21-18-16-30(22(31)17-4-2-3-5-19(17)24)7-6-20(18)25-23(26-21)29-12-14-32-15-13-29/h2-5H,6-16H2,1H3. The Kier molecular flexibility index (Phi) is 6.17. The van der Waals surface area contributed by atoms with Gasteiger partial charge in [0.1, 0.15) is 5.82 Å². The smallest absolute Gasteiger partial charge is 0.255 e. The fourth-order valence-electron chi connectivity index (χ4n) is 4.55. The average Bonchev–Trinajstić information content (AvgIpc) is 2.84. The number of morpholine rings is 1. The number of ether oxygens (including phenoxy) is 1. The summed E-state index contributed by atoms with van der Waals surface area (Å²) in [5, 5.41) is 0.488. The molecule has 2 fully saturated rings. The van der Waals surface area contributed by atoms with Crippen LogP contribution in [-0.4, -0.2) is 91.7 Å². The molecule has 0 aliphatic carbocycles. The van der Waals surface area contributed by atoms with E-state index >= 15 is 0 Å². The molecule has 170 valence electrons. The number of piperazine rings is 1. The number of amides is 1. The molecule has 9 heteroatoms. The highest BCUT2D eigenvalue weighted by Crippen LogP contribution is 2.31. The first-order chi connectivity index (χ1) is 15.6. The Labute approximate surface area is 193 Å². The molecule has 1 amide bonds. The minimum atomic E-state index is -0.0390. The molecule has 3 aliphatic heterocycles. The Morgan fingerprint density at radius 1 is 0.969 bits per heavy atom. The molecule has 32 heavy (non-hydrogen) atoms. The Bertz CT molecular complexity index is 988. The van der Waals surface area contributed by atoms with Crippen molar-refractivity contribution in [3.63, 3.8) is 0 Å². The first-order valence-electron chi connectivity index (χ1n) is 11.3. The van der Waals surface area contributed by atoms with Crippen LogP contribution in [0.25, 0.3) is 0 Å². The van der Waals surface area contributed by atoms with Crippen molar-refractivity contribution in [3.8, 4) is 0 Å². The number of likely N-dealkylation sites (N-methyl/N-ethyl adjacent to an activating group) is 1. The van der Waals surface area contributed by atoms with Gasteiger partial charge in [-0.2, -0.15) is 4.98 Å². The topological polar surface area (TPSA) is 65.0 Å². The zero-order valence-electron chi connectivity index (χ0n) is 18.5. The predicted octanol–water partition coefficient (Wildman–Crippen LogP) is 1.92. The zero-order chi connectivity index (χ0) is 22.1. The largest absolute Gasteiger partial charge is 0.378 e. The summed E-state index contributed by atoms with van der Waals surface area (Å²) >= 11 is 6.31. The number of nitrogens with zero attached hydrogens (tertiary/aromatic N) is 6. The molecule has 0 atom stereocenters. The lowest BCUT2D eigenvalue weighted by molar-refractivity contribution is 0.0733. The van der Waals surface area contributed by atoms with Crippen molar-refractivity contribution < 1.29 is 9.53 Å². The monoisotopic (exact) mass is 456 g/mol. The first kappa shape index (κ1) is 21.4. The number of aromatic nitrogens is 2. The van der Waals surface area contributed by atoms with Crippen molar-refractivity contribution in [3.05, 3.63) is 46.1 Å². The molecule has 8 nitrogen and oxygen atoms in total. The maximum Gasteiger partial charge on any atom is 0.255 e. The molecule has 0 bridgehead atoms. The minimum Gasteiger partial charge on any atom is -0.378 e. The highest BCUT2D eigenvalue weighted by Gasteiger charge is 2.30. The number of carbonyl (C=O) groups is 1. The van der Waals surface area contributed by atoms with E-state index in [-0.39, 0.29) is 5.91 Å². The summed E-state index contributed by atoms with van der Waals surface area (Å²) in [6.07, 6.45) is 0.714. The van der Waals surface area contributed by atoms with Gasteiger partial charge in [0, 0.05) is 57.8 Å². The molecule has 1 aromatic heterocycles. The summed E-state index contributed by atoms with van der Waals surface area (Å²) in [6, 6.07) is 7.25. The van der Waals surface area contributed by atoms with Crippen LogP contribution in [0.2, 0.25) is 5.02 Å². The van der Waals surface area contributed by atoms with Crippen LogP contribution in [0.15, 0.2) is 24.3 Å². The van der Waals surface area contributed by atoms with Crippen molar-refractivity contribution in [2.45, 2.75) is 13.0 Å². The molecule has 0 N–H and O–H groups in total. The highest BCUT2D eigenvalue weighted by molar-refractivity contribution is 6.33. The van der Waals surface area contributed by atoms with Gasteiger partial charge in [0.2, 0.25) is 5.95 Å². The van der Waals surface area contributed by atoms with Crippen LogP contribution in [0.4, 0.5) is 11.8 Å². The van der Waals surface area contributed by atoms with Crippen LogP contribution in [0, 0.1) is 0 Å². The minimum absolute atomic E-state index is 0.0390. The molecule has 0 spiro atoms. The van der Waals surface area contributed by atoms with Gasteiger partial charge in [-0.3, -0.25) is 4.79 Å². The number of rotatable bonds is 3. The number of anilines is 2. The second kappa shape index (κ2) is 9.21. The fourth-order valence-corrected chi connectivity index (χ4v) is 4.76. The van der Waals surface area contributed by atoms with E-state index in [1.165, 1.54) is 0 Å². The van der Waals surface area contributed by atoms with Crippen molar-refractivity contribution in [1.29, 1.82) is 0 Å². The second-order valence-corrected chi connectivity index (χ2v) is 9.03. The van der Waals surface area contributed by atoms with Crippen molar-refractivity contribution in [1.82, 2.24) is 19.8 Å². The van der Waals surface area contributed by atoms with Gasteiger partial charge < -0.3 is 24.3 Å². The first-order valence-corrected chi connectivity index (χ1v) is 11.7. The quantitative estimate of drug-likeness (QED) is 0.699. The molecule has 5 rings (SSSR count). The molecule has 0 saturated carbocycles. The van der Waals surface area contributed by atoms with Gasteiger partial charge in [-0.1, -0.05) is 23.7 Å². The second-order valence-electron chi connectivity index (χ2n) is 8.62. The molecule has 4 heterocycles. The van der Waals surface area contributed by atoms with E-state index in [1.807, 2.05) is 17.0 Å². The Morgan fingerprint density at radius 2 is 1.72 bits per heavy atom. The van der Waals surface area contributed by atoms with E-state index in [1.54, 1.807) is 12.1 Å². The molecule has 1 aromatic carbocycles. The molecular weight excluding hydrogens is 428 g/mol. The van der Waals surface area contributed by atoms with Crippen LogP contribution in [0.1, 0.15) is 21.6 Å². The lowest BCUT2D eigenvalue weighted by Gasteiger charge is -2.38. The summed E-state index contributed by atoms with van der Waals surface area (Å²) < 4.78 is 5.52. The summed E-state index contributed by atoms with van der Waals surface area (Å²) in [5.41, 5.74) is 2.67. The summed E-state index contributed by atoms with van der Waals surface area (Å²) in [5.74, 6) is 1.72. The maximum atomic E-state index is 13.2. The van der Waals surface area contributed by atoms with Crippen LogP contribution in [0.3, 0.4) is 0 Å². The van der Waals surface area contributed by atoms with Gasteiger partial charge in [-0.25, -0.2) is 4.98 Å². The lowest BCUT2D eigenvalue weighted by atomic mass is 10.0. The SMILES string of the molecule is CN1CCN(c2nc(N3CCOCC3)nc3c2CN(C(=O)c2ccccc2Cl)CC3)CC1. The Hall–Kier alpha value is -2.42. The molecule has 2 aromatic rings. The van der Waals surface area contributed by atoms with Gasteiger partial charge >= 0.3 is 0 Å². The summed E-state index contributed by atoms with van der Waals surface area (Å²) in [6.45, 7) is 7.96. The zero-order valence-corrected chi connectivity index (χ0v) is 19.2. The van der Waals surface area contributed by atoms with E-state index in [2.05, 4.69) is 21.7 Å². The van der Waals surface area contributed by atoms with Gasteiger partial charge in [-0.05, 0) is 19.2 Å². The normalized spacial score (nSPS) is 19.8. The van der Waals surface area contributed by atoms with E-state index in [0.717, 1.165) is 62.3 Å². The van der Waals surface area contributed by atoms with Crippen LogP contribution in [-0.2, 0) is 17.7 Å². The van der Waals surface area contributed by atoms with Gasteiger partial charge in [0.15, 0.2) is 0 Å². The molecule has 3 aliphatic rings. The van der Waals surface area contributed by atoms with Crippen LogP contribution in [0.5, 0.6) is 0 Å². The van der Waals surface area contributed by atoms with E-state index in [9.17, 15) is 4.79 Å². The number of halogens is 1. The predicted molar refractivity (Wildman–Crippen MR) is 125 cm³/mol. The van der Waals surface area contributed by atoms with Gasteiger partial charge in [0.25, 0.3) is 5.91 Å². The van der Waals surface area contributed by atoms with Crippen LogP contribution >= 0.6 is 11.6 Å². The fraction of sp³-hybridized carbons (Fsp3) is 0.522. The van der Waals surface area contributed by atoms with Gasteiger partial charge in [0.05, 0.1) is 36.0 Å². The molecule has 0 radical (unpaired) electrons. The van der Waals surface area contributed by atoms with E-state index in [0.29, 0.717) is 43.3 Å². The van der Waals surface area contributed by atoms with E-state index in [4.69, 9.17) is 26.3 Å². The average molecular weight is 457 g/mol. The summed E-state index contributed by atoms with van der Waals surface area (Å²) in [4.78, 5) is 32.0. The number of hydrogen-bond donors (Lipinski definition) is 0. The maximum absolute atomic E-state index is 13.2. The molecule has 0 unspecified atom stereocenters. The number of fused-ring (bicyclic) bond motifs is 1.